The first kappa shape index (κ1) is 12.0. The molecule has 0 aliphatic carbocycles. The second kappa shape index (κ2) is 4.64. The van der Waals surface area contributed by atoms with E-state index in [0.717, 1.165) is 5.56 Å². The van der Waals surface area contributed by atoms with Crippen LogP contribution in [0, 0.1) is 0 Å². The zero-order valence-electron chi connectivity index (χ0n) is 9.65. The van der Waals surface area contributed by atoms with Gasteiger partial charge in [-0.3, -0.25) is 0 Å². The standard InChI is InChI=1S/C12H18O3/c1-12(2,15-4)11(14-3)9-7-5-6-8-10(9)13/h5-8,11,13H,1-4H3. The summed E-state index contributed by atoms with van der Waals surface area (Å²) in [6, 6.07) is 7.13. The molecule has 0 aliphatic rings. The molecule has 0 aromatic heterocycles. The summed E-state index contributed by atoms with van der Waals surface area (Å²) in [5.41, 5.74) is 0.264. The minimum Gasteiger partial charge on any atom is -0.508 e. The van der Waals surface area contributed by atoms with Gasteiger partial charge in [-0.2, -0.15) is 0 Å². The summed E-state index contributed by atoms with van der Waals surface area (Å²) in [6.45, 7) is 3.85. The maximum atomic E-state index is 9.74. The lowest BCUT2D eigenvalue weighted by atomic mass is 9.93. The number of hydrogen-bond acceptors (Lipinski definition) is 3. The molecule has 0 aliphatic heterocycles. The van der Waals surface area contributed by atoms with Crippen LogP contribution in [0.4, 0.5) is 0 Å². The number of phenols is 1. The van der Waals surface area contributed by atoms with E-state index in [1.165, 1.54) is 0 Å². The third-order valence-electron chi connectivity index (χ3n) is 2.61. The second-order valence-electron chi connectivity index (χ2n) is 3.98. The molecule has 0 radical (unpaired) electrons. The molecule has 0 bridgehead atoms. The molecule has 15 heavy (non-hydrogen) atoms. The molecular formula is C12H18O3. The number of aromatic hydroxyl groups is 1. The SMILES string of the molecule is COC(c1ccccc1O)C(C)(C)OC. The van der Waals surface area contributed by atoms with E-state index in [2.05, 4.69) is 0 Å². The Kier molecular flexibility index (Phi) is 3.72. The molecule has 1 rings (SSSR count). The summed E-state index contributed by atoms with van der Waals surface area (Å²) in [4.78, 5) is 0. The molecule has 0 saturated heterocycles. The summed E-state index contributed by atoms with van der Waals surface area (Å²) in [5.74, 6) is 0.231. The molecule has 1 aromatic carbocycles. The number of rotatable bonds is 4. The fourth-order valence-corrected chi connectivity index (χ4v) is 1.60. The third kappa shape index (κ3) is 2.49. The van der Waals surface area contributed by atoms with Gasteiger partial charge in [-0.05, 0) is 19.9 Å². The lowest BCUT2D eigenvalue weighted by Crippen LogP contribution is -2.32. The monoisotopic (exact) mass is 210 g/mol. The van der Waals surface area contributed by atoms with Gasteiger partial charge in [0.1, 0.15) is 11.9 Å². The summed E-state index contributed by atoms with van der Waals surface area (Å²) in [7, 11) is 3.24. The third-order valence-corrected chi connectivity index (χ3v) is 2.61. The summed E-state index contributed by atoms with van der Waals surface area (Å²) in [5, 5.41) is 9.74. The van der Waals surface area contributed by atoms with Crippen LogP contribution >= 0.6 is 0 Å². The van der Waals surface area contributed by atoms with Crippen molar-refractivity contribution in [2.75, 3.05) is 14.2 Å². The van der Waals surface area contributed by atoms with E-state index in [0.29, 0.717) is 0 Å². The molecule has 1 aromatic rings. The summed E-state index contributed by atoms with van der Waals surface area (Å²) < 4.78 is 10.8. The molecule has 0 spiro atoms. The number of phenolic OH excluding ortho intramolecular Hbond substituents is 1. The van der Waals surface area contributed by atoms with Crippen molar-refractivity contribution in [1.82, 2.24) is 0 Å². The van der Waals surface area contributed by atoms with Crippen molar-refractivity contribution >= 4 is 0 Å². The molecule has 0 amide bonds. The van der Waals surface area contributed by atoms with E-state index < -0.39 is 5.60 Å². The van der Waals surface area contributed by atoms with Crippen LogP contribution in [0.3, 0.4) is 0 Å². The van der Waals surface area contributed by atoms with Gasteiger partial charge in [-0.1, -0.05) is 18.2 Å². The number of methoxy groups -OCH3 is 2. The highest BCUT2D eigenvalue weighted by atomic mass is 16.5. The van der Waals surface area contributed by atoms with Gasteiger partial charge in [-0.25, -0.2) is 0 Å². The van der Waals surface area contributed by atoms with Crippen molar-refractivity contribution in [2.45, 2.75) is 25.6 Å². The highest BCUT2D eigenvalue weighted by Gasteiger charge is 2.32. The van der Waals surface area contributed by atoms with Gasteiger partial charge >= 0.3 is 0 Å². The number of ether oxygens (including phenoxy) is 2. The van der Waals surface area contributed by atoms with Crippen molar-refractivity contribution in [1.29, 1.82) is 0 Å². The van der Waals surface area contributed by atoms with Gasteiger partial charge in [-0.15, -0.1) is 0 Å². The Hall–Kier alpha value is -1.06. The maximum absolute atomic E-state index is 9.74. The zero-order chi connectivity index (χ0) is 11.5. The first-order valence-electron chi connectivity index (χ1n) is 4.88. The topological polar surface area (TPSA) is 38.7 Å². The summed E-state index contributed by atoms with van der Waals surface area (Å²) in [6.07, 6.45) is -0.288. The molecule has 0 saturated carbocycles. The van der Waals surface area contributed by atoms with Crippen LogP contribution in [-0.4, -0.2) is 24.9 Å². The summed E-state index contributed by atoms with van der Waals surface area (Å²) >= 11 is 0. The minimum absolute atomic E-state index is 0.231. The van der Waals surface area contributed by atoms with Crippen molar-refractivity contribution in [2.24, 2.45) is 0 Å². The number of hydrogen-bond donors (Lipinski definition) is 1. The average Bonchev–Trinajstić information content (AvgIpc) is 2.21. The van der Waals surface area contributed by atoms with Crippen LogP contribution in [0.2, 0.25) is 0 Å². The quantitative estimate of drug-likeness (QED) is 0.829. The van der Waals surface area contributed by atoms with E-state index in [1.54, 1.807) is 26.4 Å². The fraction of sp³-hybridized carbons (Fsp3) is 0.500. The van der Waals surface area contributed by atoms with Crippen molar-refractivity contribution in [3.05, 3.63) is 29.8 Å². The Morgan fingerprint density at radius 2 is 1.80 bits per heavy atom. The fourth-order valence-electron chi connectivity index (χ4n) is 1.60. The molecule has 1 unspecified atom stereocenters. The van der Waals surface area contributed by atoms with Crippen LogP contribution < -0.4 is 0 Å². The molecule has 3 nitrogen and oxygen atoms in total. The first-order chi connectivity index (χ1) is 7.03. The highest BCUT2D eigenvalue weighted by Crippen LogP contribution is 2.35. The van der Waals surface area contributed by atoms with E-state index in [4.69, 9.17) is 9.47 Å². The Balaban J connectivity index is 3.08. The highest BCUT2D eigenvalue weighted by molar-refractivity contribution is 5.35. The van der Waals surface area contributed by atoms with Gasteiger partial charge in [0.25, 0.3) is 0 Å². The normalized spacial score (nSPS) is 13.9. The molecular weight excluding hydrogens is 192 g/mol. The predicted octanol–water partition coefficient (Wildman–Crippen LogP) is 2.50. The molecule has 84 valence electrons. The van der Waals surface area contributed by atoms with Crippen LogP contribution in [-0.2, 0) is 9.47 Å². The van der Waals surface area contributed by atoms with Gasteiger partial charge < -0.3 is 14.6 Å². The lowest BCUT2D eigenvalue weighted by Gasteiger charge is -2.32. The van der Waals surface area contributed by atoms with E-state index in [1.807, 2.05) is 26.0 Å². The van der Waals surface area contributed by atoms with Crippen molar-refractivity contribution in [3.63, 3.8) is 0 Å². The Morgan fingerprint density at radius 3 is 2.27 bits per heavy atom. The second-order valence-corrected chi connectivity index (χ2v) is 3.98. The van der Waals surface area contributed by atoms with Crippen molar-refractivity contribution in [3.8, 4) is 5.75 Å². The number of para-hydroxylation sites is 1. The van der Waals surface area contributed by atoms with E-state index >= 15 is 0 Å². The van der Waals surface area contributed by atoms with Gasteiger partial charge in [0.15, 0.2) is 0 Å². The predicted molar refractivity (Wildman–Crippen MR) is 58.9 cm³/mol. The maximum Gasteiger partial charge on any atom is 0.121 e. The van der Waals surface area contributed by atoms with Crippen LogP contribution in [0.25, 0.3) is 0 Å². The van der Waals surface area contributed by atoms with Crippen molar-refractivity contribution < 1.29 is 14.6 Å². The number of benzene rings is 1. The Morgan fingerprint density at radius 1 is 1.20 bits per heavy atom. The molecule has 0 heterocycles. The largest absolute Gasteiger partial charge is 0.508 e. The first-order valence-corrected chi connectivity index (χ1v) is 4.88. The van der Waals surface area contributed by atoms with Crippen LogP contribution in [0.1, 0.15) is 25.5 Å². The average molecular weight is 210 g/mol. The van der Waals surface area contributed by atoms with Crippen LogP contribution in [0.15, 0.2) is 24.3 Å². The van der Waals surface area contributed by atoms with E-state index in [9.17, 15) is 5.11 Å². The van der Waals surface area contributed by atoms with Gasteiger partial charge in [0, 0.05) is 19.8 Å². The molecule has 1 atom stereocenters. The Labute approximate surface area is 90.6 Å². The van der Waals surface area contributed by atoms with E-state index in [-0.39, 0.29) is 11.9 Å². The van der Waals surface area contributed by atoms with Gasteiger partial charge in [0.2, 0.25) is 0 Å². The smallest absolute Gasteiger partial charge is 0.121 e. The van der Waals surface area contributed by atoms with Gasteiger partial charge in [0.05, 0.1) is 5.60 Å². The molecule has 0 fully saturated rings. The Bertz CT molecular complexity index is 320. The lowest BCUT2D eigenvalue weighted by molar-refractivity contribution is -0.0976. The van der Waals surface area contributed by atoms with Crippen LogP contribution in [0.5, 0.6) is 5.75 Å². The zero-order valence-corrected chi connectivity index (χ0v) is 9.65. The minimum atomic E-state index is -0.479. The molecule has 3 heteroatoms. The molecule has 1 N–H and O–H groups in total.